The molecular weight excluding hydrogens is 142 g/mol. The minimum absolute atomic E-state index is 0.527. The van der Waals surface area contributed by atoms with Crippen molar-refractivity contribution < 1.29 is 0 Å². The van der Waals surface area contributed by atoms with Crippen molar-refractivity contribution in [3.63, 3.8) is 0 Å². The summed E-state index contributed by atoms with van der Waals surface area (Å²) in [5.41, 5.74) is 0. The summed E-state index contributed by atoms with van der Waals surface area (Å²) in [6.45, 7) is 5.88. The average Bonchev–Trinajstić information content (AvgIpc) is 2.10. The predicted octanol–water partition coefficient (Wildman–Crippen LogP) is 1.84. The third kappa shape index (κ3) is 0.978. The molecule has 1 saturated carbocycles. The van der Waals surface area contributed by atoms with Gasteiger partial charge in [0.05, 0.1) is 4.87 Å². The Morgan fingerprint density at radius 2 is 2.10 bits per heavy atom. The minimum Gasteiger partial charge on any atom is -0.302 e. The first-order valence-corrected chi connectivity index (χ1v) is 5.01. The Morgan fingerprint density at radius 3 is 2.50 bits per heavy atom. The molecule has 58 valence electrons. The molecule has 1 unspecified atom stereocenters. The molecule has 10 heavy (non-hydrogen) atoms. The molecule has 1 spiro atoms. The number of hydrogen-bond donors (Lipinski definition) is 1. The summed E-state index contributed by atoms with van der Waals surface area (Å²) in [4.78, 5) is 0.527. The molecule has 1 heterocycles. The summed E-state index contributed by atoms with van der Waals surface area (Å²) in [6, 6.07) is 0. The summed E-state index contributed by atoms with van der Waals surface area (Å²) in [7, 11) is 0. The van der Waals surface area contributed by atoms with E-state index in [0.29, 0.717) is 4.87 Å². The Bertz CT molecular complexity index is 135. The van der Waals surface area contributed by atoms with Gasteiger partial charge in [0.15, 0.2) is 0 Å². The summed E-state index contributed by atoms with van der Waals surface area (Å²) >= 11 is 2.15. The zero-order valence-corrected chi connectivity index (χ0v) is 7.50. The van der Waals surface area contributed by atoms with Crippen molar-refractivity contribution in [3.8, 4) is 0 Å². The highest BCUT2D eigenvalue weighted by atomic mass is 32.2. The van der Waals surface area contributed by atoms with E-state index in [1.54, 1.807) is 0 Å². The Balaban J connectivity index is 1.95. The van der Waals surface area contributed by atoms with Gasteiger partial charge in [0, 0.05) is 11.8 Å². The van der Waals surface area contributed by atoms with E-state index in [1.165, 1.54) is 19.4 Å². The van der Waals surface area contributed by atoms with E-state index in [2.05, 4.69) is 30.9 Å². The first-order valence-electron chi connectivity index (χ1n) is 4.13. The van der Waals surface area contributed by atoms with Crippen LogP contribution in [0.1, 0.15) is 26.7 Å². The molecule has 1 N–H and O–H groups in total. The van der Waals surface area contributed by atoms with Gasteiger partial charge in [0.1, 0.15) is 0 Å². The number of nitrogens with one attached hydrogen (secondary N) is 1. The molecule has 2 rings (SSSR count). The van der Waals surface area contributed by atoms with Crippen LogP contribution in [-0.4, -0.2) is 16.7 Å². The van der Waals surface area contributed by atoms with Crippen molar-refractivity contribution in [1.82, 2.24) is 5.32 Å². The molecular formula is C8H15NS. The molecule has 1 saturated heterocycles. The summed E-state index contributed by atoms with van der Waals surface area (Å²) in [5, 5.41) is 4.45. The number of thioether (sulfide) groups is 1. The van der Waals surface area contributed by atoms with Crippen LogP contribution in [0.2, 0.25) is 0 Å². The third-order valence-corrected chi connectivity index (χ3v) is 3.99. The summed E-state index contributed by atoms with van der Waals surface area (Å²) in [5.74, 6) is 0.963. The monoisotopic (exact) mass is 157 g/mol. The van der Waals surface area contributed by atoms with Crippen LogP contribution in [0.4, 0.5) is 0 Å². The lowest BCUT2D eigenvalue weighted by atomic mass is 9.81. The predicted molar refractivity (Wildman–Crippen MR) is 46.2 cm³/mol. The maximum Gasteiger partial charge on any atom is 0.0653 e. The minimum atomic E-state index is 0.527. The highest BCUT2D eigenvalue weighted by Gasteiger charge is 2.46. The quantitative estimate of drug-likeness (QED) is 0.576. The molecule has 2 heteroatoms. The molecule has 1 atom stereocenters. The summed E-state index contributed by atoms with van der Waals surface area (Å²) < 4.78 is 0. The van der Waals surface area contributed by atoms with Crippen LogP contribution in [0.3, 0.4) is 0 Å². The zero-order chi connectivity index (χ0) is 7.19. The molecule has 0 aromatic rings. The first-order chi connectivity index (χ1) is 4.70. The van der Waals surface area contributed by atoms with E-state index >= 15 is 0 Å². The second kappa shape index (κ2) is 2.15. The third-order valence-electron chi connectivity index (χ3n) is 2.49. The lowest BCUT2D eigenvalue weighted by molar-refractivity contribution is 0.220. The van der Waals surface area contributed by atoms with E-state index in [-0.39, 0.29) is 0 Å². The fourth-order valence-corrected chi connectivity index (χ4v) is 3.97. The van der Waals surface area contributed by atoms with Gasteiger partial charge in [-0.2, -0.15) is 0 Å². The van der Waals surface area contributed by atoms with Gasteiger partial charge in [-0.1, -0.05) is 13.8 Å². The van der Waals surface area contributed by atoms with E-state index in [4.69, 9.17) is 0 Å². The topological polar surface area (TPSA) is 12.0 Å². The van der Waals surface area contributed by atoms with Crippen LogP contribution in [0.15, 0.2) is 0 Å². The molecule has 0 aromatic carbocycles. The average molecular weight is 157 g/mol. The van der Waals surface area contributed by atoms with Crippen molar-refractivity contribution >= 4 is 11.8 Å². The van der Waals surface area contributed by atoms with Gasteiger partial charge in [0.2, 0.25) is 0 Å². The lowest BCUT2D eigenvalue weighted by Gasteiger charge is -2.43. The molecule has 2 aliphatic rings. The first kappa shape index (κ1) is 6.99. The molecule has 1 aliphatic heterocycles. The molecule has 0 aromatic heterocycles. The Morgan fingerprint density at radius 1 is 1.40 bits per heavy atom. The molecule has 0 amide bonds. The SMILES string of the molecule is CC1CC2(C1)NCC(C)S2. The van der Waals surface area contributed by atoms with Gasteiger partial charge in [-0.05, 0) is 18.8 Å². The number of hydrogen-bond acceptors (Lipinski definition) is 2. The maximum atomic E-state index is 3.61. The van der Waals surface area contributed by atoms with Crippen LogP contribution in [0.25, 0.3) is 0 Å². The van der Waals surface area contributed by atoms with Gasteiger partial charge in [-0.15, -0.1) is 11.8 Å². The highest BCUT2D eigenvalue weighted by molar-refractivity contribution is 8.01. The highest BCUT2D eigenvalue weighted by Crippen LogP contribution is 2.50. The van der Waals surface area contributed by atoms with Gasteiger partial charge < -0.3 is 5.32 Å². The largest absolute Gasteiger partial charge is 0.302 e. The zero-order valence-electron chi connectivity index (χ0n) is 6.68. The molecule has 2 fully saturated rings. The van der Waals surface area contributed by atoms with Crippen LogP contribution in [-0.2, 0) is 0 Å². The van der Waals surface area contributed by atoms with Crippen molar-refractivity contribution in [2.45, 2.75) is 36.8 Å². The van der Waals surface area contributed by atoms with E-state index < -0.39 is 0 Å². The Hall–Kier alpha value is 0.310. The van der Waals surface area contributed by atoms with E-state index in [1.807, 2.05) is 0 Å². The Kier molecular flexibility index (Phi) is 1.50. The fraction of sp³-hybridized carbons (Fsp3) is 1.00. The van der Waals surface area contributed by atoms with Gasteiger partial charge in [0.25, 0.3) is 0 Å². The fourth-order valence-electron chi connectivity index (χ4n) is 2.10. The number of rotatable bonds is 0. The normalized spacial score (nSPS) is 53.4. The second-order valence-electron chi connectivity index (χ2n) is 3.82. The van der Waals surface area contributed by atoms with E-state index in [0.717, 1.165) is 11.2 Å². The smallest absolute Gasteiger partial charge is 0.0653 e. The van der Waals surface area contributed by atoms with Crippen LogP contribution in [0.5, 0.6) is 0 Å². The van der Waals surface area contributed by atoms with Crippen molar-refractivity contribution in [3.05, 3.63) is 0 Å². The van der Waals surface area contributed by atoms with Crippen LogP contribution >= 0.6 is 11.8 Å². The lowest BCUT2D eigenvalue weighted by Crippen LogP contribution is -2.48. The standard InChI is InChI=1S/C8H15NS/c1-6-3-8(4-6)9-5-7(2)10-8/h6-7,9H,3-5H2,1-2H3. The van der Waals surface area contributed by atoms with Gasteiger partial charge in [-0.25, -0.2) is 0 Å². The maximum absolute atomic E-state index is 3.61. The molecule has 1 nitrogen and oxygen atoms in total. The summed E-state index contributed by atoms with van der Waals surface area (Å²) in [6.07, 6.45) is 2.78. The van der Waals surface area contributed by atoms with Crippen molar-refractivity contribution in [2.75, 3.05) is 6.54 Å². The van der Waals surface area contributed by atoms with Crippen molar-refractivity contribution in [2.24, 2.45) is 5.92 Å². The second-order valence-corrected chi connectivity index (χ2v) is 5.64. The van der Waals surface area contributed by atoms with Crippen LogP contribution in [0, 0.1) is 5.92 Å². The molecule has 0 bridgehead atoms. The molecule has 0 radical (unpaired) electrons. The van der Waals surface area contributed by atoms with E-state index in [9.17, 15) is 0 Å². The van der Waals surface area contributed by atoms with Gasteiger partial charge >= 0.3 is 0 Å². The molecule has 1 aliphatic carbocycles. The van der Waals surface area contributed by atoms with Crippen molar-refractivity contribution in [1.29, 1.82) is 0 Å². The van der Waals surface area contributed by atoms with Crippen LogP contribution < -0.4 is 5.32 Å². The van der Waals surface area contributed by atoms with Gasteiger partial charge in [-0.3, -0.25) is 0 Å². The Labute approximate surface area is 67.0 Å².